The summed E-state index contributed by atoms with van der Waals surface area (Å²) >= 11 is 6.25. The molecule has 1 fully saturated rings. The van der Waals surface area contributed by atoms with Crippen LogP contribution in [0.5, 0.6) is 5.75 Å². The van der Waals surface area contributed by atoms with Gasteiger partial charge in [0.15, 0.2) is 11.6 Å². The molecule has 0 atom stereocenters. The number of benzene rings is 2. The van der Waals surface area contributed by atoms with Crippen LogP contribution in [0.25, 0.3) is 22.4 Å². The van der Waals surface area contributed by atoms with Crippen molar-refractivity contribution in [2.24, 2.45) is 5.92 Å². The van der Waals surface area contributed by atoms with E-state index in [0.29, 0.717) is 71.5 Å². The Labute approximate surface area is 196 Å². The number of nitrogens with zero attached hydrogens (tertiary/aromatic N) is 2. The number of ether oxygens (including phenoxy) is 1. The monoisotopic (exact) mass is 476 g/mol. The lowest BCUT2D eigenvalue weighted by Crippen LogP contribution is -2.09. The van der Waals surface area contributed by atoms with Crippen molar-refractivity contribution in [3.8, 4) is 17.1 Å². The fourth-order valence-electron chi connectivity index (χ4n) is 4.46. The number of aromatic nitrogens is 2. The molecule has 2 aromatic carbocycles. The molecule has 0 amide bonds. The number of carboxylic acid groups (broad SMARTS) is 1. The van der Waals surface area contributed by atoms with E-state index in [1.165, 1.54) is 12.8 Å². The van der Waals surface area contributed by atoms with Gasteiger partial charge in [0, 0.05) is 30.1 Å². The average Bonchev–Trinajstić information content (AvgIpc) is 3.41. The first-order valence-corrected chi connectivity index (χ1v) is 11.8. The second kappa shape index (κ2) is 10.5. The van der Waals surface area contributed by atoms with Gasteiger partial charge >= 0.3 is 5.97 Å². The third-order valence-corrected chi connectivity index (χ3v) is 6.43. The summed E-state index contributed by atoms with van der Waals surface area (Å²) in [7, 11) is 0. The standard InChI is InChI=1S/C25H27ClF2N2O3/c26-17-9-10-18(23(12-17)33-15-16-6-3-4-7-16)25-29-21-13-19(27)20(28)14-22(21)30(25)11-5-1-2-8-24(31)32/h9-10,12-14,16H,1-8,11,15H2,(H,31,32). The van der Waals surface area contributed by atoms with E-state index in [9.17, 15) is 13.6 Å². The number of aryl methyl sites for hydroxylation is 1. The summed E-state index contributed by atoms with van der Waals surface area (Å²) in [5.41, 5.74) is 1.55. The van der Waals surface area contributed by atoms with Gasteiger partial charge in [-0.3, -0.25) is 4.79 Å². The number of halogens is 3. The molecule has 33 heavy (non-hydrogen) atoms. The summed E-state index contributed by atoms with van der Waals surface area (Å²) in [6.07, 6.45) is 6.74. The van der Waals surface area contributed by atoms with Gasteiger partial charge in [0.1, 0.15) is 11.6 Å². The van der Waals surface area contributed by atoms with E-state index in [-0.39, 0.29) is 6.42 Å². The van der Waals surface area contributed by atoms with E-state index in [1.807, 2.05) is 10.6 Å². The Balaban J connectivity index is 1.67. The Kier molecular flexibility index (Phi) is 7.48. The molecule has 1 aliphatic rings. The van der Waals surface area contributed by atoms with Crippen LogP contribution in [-0.4, -0.2) is 27.2 Å². The molecule has 176 valence electrons. The second-order valence-corrected chi connectivity index (χ2v) is 9.08. The topological polar surface area (TPSA) is 64.3 Å². The first-order chi connectivity index (χ1) is 15.9. The molecule has 0 radical (unpaired) electrons. The Bertz CT molecular complexity index is 1140. The van der Waals surface area contributed by atoms with Crippen molar-refractivity contribution in [1.82, 2.24) is 9.55 Å². The van der Waals surface area contributed by atoms with Gasteiger partial charge in [-0.05, 0) is 49.8 Å². The first-order valence-electron chi connectivity index (χ1n) is 11.4. The Morgan fingerprint density at radius 1 is 1.12 bits per heavy atom. The van der Waals surface area contributed by atoms with Crippen molar-refractivity contribution in [3.63, 3.8) is 0 Å². The van der Waals surface area contributed by atoms with Gasteiger partial charge in [-0.2, -0.15) is 0 Å². The fourth-order valence-corrected chi connectivity index (χ4v) is 4.62. The molecule has 0 saturated heterocycles. The third-order valence-electron chi connectivity index (χ3n) is 6.20. The lowest BCUT2D eigenvalue weighted by Gasteiger charge is -2.16. The largest absolute Gasteiger partial charge is 0.492 e. The Hall–Kier alpha value is -2.67. The summed E-state index contributed by atoms with van der Waals surface area (Å²) in [6.45, 7) is 1.08. The molecule has 1 N–H and O–H groups in total. The number of rotatable bonds is 10. The maximum atomic E-state index is 14.1. The minimum atomic E-state index is -0.950. The molecule has 1 heterocycles. The van der Waals surface area contributed by atoms with Crippen LogP contribution in [-0.2, 0) is 11.3 Å². The minimum absolute atomic E-state index is 0.105. The van der Waals surface area contributed by atoms with E-state index < -0.39 is 17.6 Å². The smallest absolute Gasteiger partial charge is 0.303 e. The highest BCUT2D eigenvalue weighted by atomic mass is 35.5. The van der Waals surface area contributed by atoms with Crippen LogP contribution in [0.15, 0.2) is 30.3 Å². The fraction of sp³-hybridized carbons (Fsp3) is 0.440. The zero-order valence-electron chi connectivity index (χ0n) is 18.3. The number of fused-ring (bicyclic) bond motifs is 1. The van der Waals surface area contributed by atoms with Gasteiger partial charge in [0.2, 0.25) is 0 Å². The highest BCUT2D eigenvalue weighted by molar-refractivity contribution is 6.30. The van der Waals surface area contributed by atoms with Crippen LogP contribution in [0.2, 0.25) is 5.02 Å². The molecule has 4 rings (SSSR count). The van der Waals surface area contributed by atoms with Gasteiger partial charge in [-0.15, -0.1) is 0 Å². The first kappa shape index (κ1) is 23.5. The Morgan fingerprint density at radius 3 is 2.64 bits per heavy atom. The highest BCUT2D eigenvalue weighted by Crippen LogP contribution is 2.36. The molecular formula is C25H27ClF2N2O3. The minimum Gasteiger partial charge on any atom is -0.492 e. The third kappa shape index (κ3) is 5.64. The average molecular weight is 477 g/mol. The lowest BCUT2D eigenvalue weighted by molar-refractivity contribution is -0.137. The van der Waals surface area contributed by atoms with E-state index >= 15 is 0 Å². The molecule has 0 spiro atoms. The van der Waals surface area contributed by atoms with Crippen molar-refractivity contribution in [2.75, 3.05) is 6.61 Å². The zero-order chi connectivity index (χ0) is 23.4. The van der Waals surface area contributed by atoms with Crippen molar-refractivity contribution in [1.29, 1.82) is 0 Å². The van der Waals surface area contributed by atoms with Crippen LogP contribution >= 0.6 is 11.6 Å². The summed E-state index contributed by atoms with van der Waals surface area (Å²) in [5, 5.41) is 9.39. The second-order valence-electron chi connectivity index (χ2n) is 8.65. The molecule has 5 nitrogen and oxygen atoms in total. The van der Waals surface area contributed by atoms with E-state index in [0.717, 1.165) is 25.0 Å². The summed E-state index contributed by atoms with van der Waals surface area (Å²) in [4.78, 5) is 15.4. The number of unbranched alkanes of at least 4 members (excludes halogenated alkanes) is 2. The maximum Gasteiger partial charge on any atom is 0.303 e. The van der Waals surface area contributed by atoms with Crippen LogP contribution in [0.4, 0.5) is 8.78 Å². The summed E-state index contributed by atoms with van der Waals surface area (Å²) in [6, 6.07) is 7.58. The van der Waals surface area contributed by atoms with Gasteiger partial charge in [-0.25, -0.2) is 13.8 Å². The van der Waals surface area contributed by atoms with Crippen LogP contribution in [0.1, 0.15) is 51.4 Å². The molecule has 3 aromatic rings. The molecule has 0 unspecified atom stereocenters. The number of hydrogen-bond acceptors (Lipinski definition) is 3. The number of hydrogen-bond donors (Lipinski definition) is 1. The quantitative estimate of drug-likeness (QED) is 0.325. The Morgan fingerprint density at radius 2 is 1.88 bits per heavy atom. The van der Waals surface area contributed by atoms with Gasteiger partial charge in [-0.1, -0.05) is 30.9 Å². The zero-order valence-corrected chi connectivity index (χ0v) is 19.1. The van der Waals surface area contributed by atoms with Gasteiger partial charge in [0.05, 0.1) is 23.2 Å². The predicted octanol–water partition coefficient (Wildman–Crippen LogP) is 6.85. The maximum absolute atomic E-state index is 14.1. The molecule has 1 aromatic heterocycles. The van der Waals surface area contributed by atoms with Crippen molar-refractivity contribution >= 4 is 28.6 Å². The molecule has 1 saturated carbocycles. The predicted molar refractivity (Wildman–Crippen MR) is 124 cm³/mol. The molecule has 0 aliphatic heterocycles. The van der Waals surface area contributed by atoms with Crippen LogP contribution in [0.3, 0.4) is 0 Å². The van der Waals surface area contributed by atoms with Crippen molar-refractivity contribution in [2.45, 2.75) is 57.9 Å². The summed E-state index contributed by atoms with van der Waals surface area (Å²) < 4.78 is 36.0. The lowest BCUT2D eigenvalue weighted by atomic mass is 10.1. The van der Waals surface area contributed by atoms with E-state index in [2.05, 4.69) is 4.98 Å². The number of aliphatic carboxylic acids is 1. The molecular weight excluding hydrogens is 450 g/mol. The number of imidazole rings is 1. The number of carboxylic acids is 1. The van der Waals surface area contributed by atoms with Gasteiger partial charge in [0.25, 0.3) is 0 Å². The normalized spacial score (nSPS) is 14.3. The van der Waals surface area contributed by atoms with Crippen molar-refractivity contribution < 1.29 is 23.4 Å². The summed E-state index contributed by atoms with van der Waals surface area (Å²) in [5.74, 6) is -1.06. The van der Waals surface area contributed by atoms with Crippen LogP contribution < -0.4 is 4.74 Å². The molecule has 1 aliphatic carbocycles. The number of carbonyl (C=O) groups is 1. The van der Waals surface area contributed by atoms with Gasteiger partial charge < -0.3 is 14.4 Å². The van der Waals surface area contributed by atoms with Crippen molar-refractivity contribution in [3.05, 3.63) is 47.0 Å². The SMILES string of the molecule is O=C(O)CCCCCn1c(-c2ccc(Cl)cc2OCC2CCCC2)nc2cc(F)c(F)cc21. The van der Waals surface area contributed by atoms with Crippen LogP contribution in [0, 0.1) is 17.6 Å². The highest BCUT2D eigenvalue weighted by Gasteiger charge is 2.21. The molecule has 0 bridgehead atoms. The van der Waals surface area contributed by atoms with E-state index in [1.54, 1.807) is 12.1 Å². The molecule has 8 heteroatoms. The van der Waals surface area contributed by atoms with E-state index in [4.69, 9.17) is 21.4 Å².